The monoisotopic (exact) mass is 494 g/mol. The van der Waals surface area contributed by atoms with Crippen LogP contribution in [0.1, 0.15) is 45.1 Å². The second-order valence-corrected chi connectivity index (χ2v) is 11.1. The number of carbonyl (C=O) groups excluding carboxylic acids is 1. The summed E-state index contributed by atoms with van der Waals surface area (Å²) < 4.78 is 38.4. The van der Waals surface area contributed by atoms with Gasteiger partial charge in [0.2, 0.25) is 5.91 Å². The van der Waals surface area contributed by atoms with E-state index in [9.17, 15) is 27.9 Å². The first-order chi connectivity index (χ1) is 16.5. The quantitative estimate of drug-likeness (QED) is 0.654. The van der Waals surface area contributed by atoms with Crippen LogP contribution in [0, 0.1) is 29.1 Å². The molecule has 4 aliphatic carbocycles. The predicted molar refractivity (Wildman–Crippen MR) is 123 cm³/mol. The van der Waals surface area contributed by atoms with Gasteiger partial charge in [-0.25, -0.2) is 4.98 Å². The zero-order valence-corrected chi connectivity index (χ0v) is 20.1. The lowest BCUT2D eigenvalue weighted by Crippen LogP contribution is -2.66. The lowest BCUT2D eigenvalue weighted by molar-refractivity contribution is -0.180. The number of pyridine rings is 1. The summed E-state index contributed by atoms with van der Waals surface area (Å²) >= 11 is 0. The third kappa shape index (κ3) is 4.17. The van der Waals surface area contributed by atoms with Gasteiger partial charge in [0.1, 0.15) is 5.82 Å². The first-order valence-electron chi connectivity index (χ1n) is 12.6. The molecule has 1 aromatic rings. The molecule has 35 heavy (non-hydrogen) atoms. The second-order valence-electron chi connectivity index (χ2n) is 11.1. The minimum atomic E-state index is -4.41. The number of carboxylic acids is 1. The van der Waals surface area contributed by atoms with Crippen molar-refractivity contribution >= 4 is 17.7 Å². The number of alkyl halides is 3. The summed E-state index contributed by atoms with van der Waals surface area (Å²) in [7, 11) is 0. The molecule has 2 heterocycles. The molecule has 192 valence electrons. The summed E-state index contributed by atoms with van der Waals surface area (Å²) in [5, 5.41) is 13.3. The van der Waals surface area contributed by atoms with Gasteiger partial charge in [-0.05, 0) is 68.4 Å². The third-order valence-corrected chi connectivity index (χ3v) is 9.38. The average molecular weight is 495 g/mol. The van der Waals surface area contributed by atoms with Crippen LogP contribution in [0.25, 0.3) is 0 Å². The molecule has 0 spiro atoms. The van der Waals surface area contributed by atoms with Gasteiger partial charge in [0.25, 0.3) is 0 Å². The fourth-order valence-corrected chi connectivity index (χ4v) is 7.42. The van der Waals surface area contributed by atoms with Crippen LogP contribution < -0.4 is 10.2 Å². The molecule has 10 heteroatoms. The van der Waals surface area contributed by atoms with Crippen LogP contribution in [0.3, 0.4) is 0 Å². The van der Waals surface area contributed by atoms with E-state index < -0.39 is 23.1 Å². The molecule has 0 radical (unpaired) electrons. The summed E-state index contributed by atoms with van der Waals surface area (Å²) in [6, 6.07) is 2.14. The summed E-state index contributed by atoms with van der Waals surface area (Å²) in [5.41, 5.74) is -1.40. The van der Waals surface area contributed by atoms with E-state index in [4.69, 9.17) is 0 Å². The third-order valence-electron chi connectivity index (χ3n) is 9.38. The molecule has 1 saturated heterocycles. The molecule has 7 nitrogen and oxygen atoms in total. The number of aromatic nitrogens is 1. The van der Waals surface area contributed by atoms with Crippen LogP contribution in [0.5, 0.6) is 0 Å². The Balaban J connectivity index is 1.18. The van der Waals surface area contributed by atoms with E-state index in [1.54, 1.807) is 0 Å². The Kier molecular flexibility index (Phi) is 6.01. The highest BCUT2D eigenvalue weighted by molar-refractivity contribution is 5.82. The van der Waals surface area contributed by atoms with Crippen LogP contribution in [-0.4, -0.2) is 65.1 Å². The number of anilines is 1. The molecule has 5 aliphatic rings. The molecule has 1 amide bonds. The molecule has 5 fully saturated rings. The normalized spacial score (nSPS) is 35.7. The van der Waals surface area contributed by atoms with Gasteiger partial charge < -0.3 is 15.3 Å². The maximum atomic E-state index is 13.2. The van der Waals surface area contributed by atoms with E-state index in [2.05, 4.69) is 15.2 Å². The lowest BCUT2D eigenvalue weighted by Gasteiger charge is -2.61. The van der Waals surface area contributed by atoms with Crippen molar-refractivity contribution in [2.24, 2.45) is 29.1 Å². The Hall–Kier alpha value is -2.36. The van der Waals surface area contributed by atoms with Crippen molar-refractivity contribution < 1.29 is 27.9 Å². The summed E-state index contributed by atoms with van der Waals surface area (Å²) in [4.78, 5) is 33.4. The molecule has 0 aromatic carbocycles. The minimum absolute atomic E-state index is 0.0276. The summed E-state index contributed by atoms with van der Waals surface area (Å²) in [5.74, 6) is 0.721. The van der Waals surface area contributed by atoms with Gasteiger partial charge in [0.05, 0.1) is 17.0 Å². The molecule has 6 unspecified atom stereocenters. The fourth-order valence-electron chi connectivity index (χ4n) is 7.42. The van der Waals surface area contributed by atoms with Gasteiger partial charge in [-0.1, -0.05) is 6.92 Å². The van der Waals surface area contributed by atoms with Crippen LogP contribution in [0.15, 0.2) is 18.3 Å². The highest BCUT2D eigenvalue weighted by atomic mass is 19.4. The van der Waals surface area contributed by atoms with Crippen molar-refractivity contribution in [3.8, 4) is 0 Å². The molecule has 7 atom stereocenters. The van der Waals surface area contributed by atoms with Crippen molar-refractivity contribution in [2.75, 3.05) is 31.1 Å². The topological polar surface area (TPSA) is 85.8 Å². The first kappa shape index (κ1) is 24.3. The number of hydrogen-bond donors (Lipinski definition) is 2. The number of nitrogens with zero attached hydrogens (tertiary/aromatic N) is 3. The molecule has 6 rings (SSSR count). The minimum Gasteiger partial charge on any atom is -0.481 e. The number of carbonyl (C=O) groups is 2. The fraction of sp³-hybridized carbons (Fsp3) is 0.720. The molecule has 4 bridgehead atoms. The number of aliphatic carboxylic acids is 1. The molecule has 1 aromatic heterocycles. The SMILES string of the molecule is CC1C2CC3CC(CC1(C(=O)O)C3)C2NC(=O)[C@H](C)N1CCN(c2ccc(C(F)(F)F)cn2)CC1. The highest BCUT2D eigenvalue weighted by Crippen LogP contribution is 2.62. The van der Waals surface area contributed by atoms with Crippen LogP contribution in [-0.2, 0) is 15.8 Å². The Morgan fingerprint density at radius 3 is 2.49 bits per heavy atom. The van der Waals surface area contributed by atoms with Crippen molar-refractivity contribution in [1.29, 1.82) is 0 Å². The Morgan fingerprint density at radius 2 is 1.89 bits per heavy atom. The molecule has 4 saturated carbocycles. The maximum absolute atomic E-state index is 13.2. The zero-order chi connectivity index (χ0) is 25.1. The highest BCUT2D eigenvalue weighted by Gasteiger charge is 2.62. The molecular weight excluding hydrogens is 461 g/mol. The van der Waals surface area contributed by atoms with E-state index in [1.165, 1.54) is 6.07 Å². The van der Waals surface area contributed by atoms with E-state index in [1.807, 2.05) is 18.7 Å². The van der Waals surface area contributed by atoms with E-state index >= 15 is 0 Å². The van der Waals surface area contributed by atoms with Gasteiger partial charge in [-0.3, -0.25) is 14.5 Å². The number of rotatable bonds is 5. The number of nitrogens with one attached hydrogen (secondary N) is 1. The number of hydrogen-bond acceptors (Lipinski definition) is 5. The average Bonchev–Trinajstić information content (AvgIpc) is 2.83. The van der Waals surface area contributed by atoms with Crippen LogP contribution in [0.2, 0.25) is 0 Å². The molecule has 2 N–H and O–H groups in total. The van der Waals surface area contributed by atoms with Crippen molar-refractivity contribution in [3.05, 3.63) is 23.9 Å². The Labute approximate surface area is 203 Å². The van der Waals surface area contributed by atoms with Crippen molar-refractivity contribution in [3.63, 3.8) is 0 Å². The number of carboxylic acid groups (broad SMARTS) is 1. The van der Waals surface area contributed by atoms with E-state index in [-0.39, 0.29) is 35.7 Å². The van der Waals surface area contributed by atoms with Gasteiger partial charge in [-0.15, -0.1) is 0 Å². The largest absolute Gasteiger partial charge is 0.481 e. The van der Waals surface area contributed by atoms with Crippen LogP contribution in [0.4, 0.5) is 19.0 Å². The van der Waals surface area contributed by atoms with Gasteiger partial charge >= 0.3 is 12.1 Å². The second kappa shape index (κ2) is 8.64. The summed E-state index contributed by atoms with van der Waals surface area (Å²) in [6.07, 6.45) is -0.143. The standard InChI is InChI=1S/C25H33F3N4O3/c1-14-19-10-16-9-17(12-24(14,11-16)23(34)35)21(19)30-22(33)15(2)31-5-7-32(8-6-31)20-4-3-18(13-29-20)25(26,27)28/h3-4,13-17,19,21H,5-12H2,1-2H3,(H,30,33)(H,34,35)/t14?,15-,16?,17?,19?,21?,24?/m0/s1. The Morgan fingerprint density at radius 1 is 1.17 bits per heavy atom. The van der Waals surface area contributed by atoms with Gasteiger partial charge in [0.15, 0.2) is 0 Å². The number of amides is 1. The van der Waals surface area contributed by atoms with Gasteiger partial charge in [0, 0.05) is 38.4 Å². The first-order valence-corrected chi connectivity index (χ1v) is 12.6. The molecular formula is C25H33F3N4O3. The Bertz CT molecular complexity index is 979. The molecule has 1 aliphatic heterocycles. The van der Waals surface area contributed by atoms with Crippen molar-refractivity contribution in [1.82, 2.24) is 15.2 Å². The number of halogens is 3. The summed E-state index contributed by atoms with van der Waals surface area (Å²) in [6.45, 7) is 6.30. The zero-order valence-electron chi connectivity index (χ0n) is 20.1. The van der Waals surface area contributed by atoms with Crippen molar-refractivity contribution in [2.45, 2.75) is 57.8 Å². The van der Waals surface area contributed by atoms with Gasteiger partial charge in [-0.2, -0.15) is 13.2 Å². The van der Waals surface area contributed by atoms with E-state index in [0.29, 0.717) is 44.3 Å². The van der Waals surface area contributed by atoms with E-state index in [0.717, 1.165) is 31.5 Å². The lowest BCUT2D eigenvalue weighted by atomic mass is 9.44. The smallest absolute Gasteiger partial charge is 0.417 e. The van der Waals surface area contributed by atoms with Crippen LogP contribution >= 0.6 is 0 Å². The number of piperazine rings is 1. The maximum Gasteiger partial charge on any atom is 0.417 e. The predicted octanol–water partition coefficient (Wildman–Crippen LogP) is 3.25.